The summed E-state index contributed by atoms with van der Waals surface area (Å²) >= 11 is 0. The van der Waals surface area contributed by atoms with E-state index in [-0.39, 0.29) is 17.6 Å². The lowest BCUT2D eigenvalue weighted by Crippen LogP contribution is -2.59. The van der Waals surface area contributed by atoms with Crippen LogP contribution in [0.1, 0.15) is 50.8 Å². The Morgan fingerprint density at radius 3 is 2.44 bits per heavy atom. The fourth-order valence-corrected chi connectivity index (χ4v) is 6.23. The molecule has 5 fully saturated rings. The number of piperidine rings is 1. The van der Waals surface area contributed by atoms with Gasteiger partial charge in [-0.3, -0.25) is 9.58 Å². The first-order valence-electron chi connectivity index (χ1n) is 11.6. The van der Waals surface area contributed by atoms with E-state index < -0.39 is 6.61 Å². The Bertz CT molecular complexity index is 1000. The van der Waals surface area contributed by atoms with Crippen LogP contribution in [0.2, 0.25) is 0 Å². The average molecular weight is 446 g/mol. The maximum Gasteiger partial charge on any atom is 0.387 e. The first-order valence-corrected chi connectivity index (χ1v) is 11.6. The monoisotopic (exact) mass is 445 g/mol. The third-order valence-corrected chi connectivity index (χ3v) is 7.71. The lowest BCUT2D eigenvalue weighted by molar-refractivity contribution is -0.188. The molecule has 7 nitrogen and oxygen atoms in total. The number of pyridine rings is 1. The number of ether oxygens (including phenoxy) is 2. The van der Waals surface area contributed by atoms with Crippen LogP contribution in [0, 0.1) is 11.8 Å². The second-order valence-corrected chi connectivity index (χ2v) is 10.0. The fourth-order valence-electron chi connectivity index (χ4n) is 6.23. The van der Waals surface area contributed by atoms with Gasteiger partial charge >= 0.3 is 6.61 Å². The Labute approximate surface area is 185 Å². The zero-order valence-electron chi connectivity index (χ0n) is 18.3. The second-order valence-electron chi connectivity index (χ2n) is 10.0. The third kappa shape index (κ3) is 3.37. The van der Waals surface area contributed by atoms with Crippen molar-refractivity contribution < 1.29 is 18.3 Å². The standard InChI is InChI=1S/C23H29F2N5O2/c1-11(2)30-19(7-18(28-30)12-3-20(32-23(24)25)22(26)27-8-12)21-16-4-13(5-17(16)21)29-9-14-6-15(10-29)31-14/h3,7-8,11,13-17,21,23H,4-6,9-10H2,1-2H3,(H2,26,27)/t13?,14?,15?,16-,17+,21?. The minimum Gasteiger partial charge on any atom is -0.431 e. The summed E-state index contributed by atoms with van der Waals surface area (Å²) in [5, 5.41) is 4.81. The molecule has 4 unspecified atom stereocenters. The van der Waals surface area contributed by atoms with Crippen LogP contribution in [0.15, 0.2) is 18.3 Å². The molecule has 7 rings (SSSR count). The topological polar surface area (TPSA) is 78.4 Å². The first kappa shape index (κ1) is 20.4. The summed E-state index contributed by atoms with van der Waals surface area (Å²) < 4.78 is 37.8. The normalized spacial score (nSPS) is 33.4. The molecule has 5 aliphatic rings. The molecular formula is C23H29F2N5O2. The van der Waals surface area contributed by atoms with Crippen molar-refractivity contribution in [2.75, 3.05) is 18.8 Å². The van der Waals surface area contributed by atoms with Gasteiger partial charge in [0.25, 0.3) is 0 Å². The molecule has 0 aromatic carbocycles. The molecular weight excluding hydrogens is 416 g/mol. The number of morpholine rings is 1. The summed E-state index contributed by atoms with van der Waals surface area (Å²) in [4.78, 5) is 6.69. The van der Waals surface area contributed by atoms with Gasteiger partial charge < -0.3 is 15.2 Å². The fraction of sp³-hybridized carbons (Fsp3) is 0.652. The second kappa shape index (κ2) is 7.38. The molecule has 3 aliphatic heterocycles. The van der Waals surface area contributed by atoms with Crippen LogP contribution in [-0.2, 0) is 4.74 Å². The van der Waals surface area contributed by atoms with E-state index in [0.29, 0.717) is 41.6 Å². The molecule has 5 heterocycles. The Balaban J connectivity index is 1.21. The molecule has 3 saturated heterocycles. The van der Waals surface area contributed by atoms with E-state index in [9.17, 15) is 8.78 Å². The highest BCUT2D eigenvalue weighted by Crippen LogP contribution is 2.64. The SMILES string of the molecule is CC(C)n1nc(-c2cnc(N)c(OC(F)F)c2)cc1C1[C@H]2CC(N3CC4CC(C3)O4)C[C@@H]12. The number of halogens is 2. The quantitative estimate of drug-likeness (QED) is 0.731. The Kier molecular flexibility index (Phi) is 4.69. The Morgan fingerprint density at radius 2 is 1.81 bits per heavy atom. The van der Waals surface area contributed by atoms with E-state index in [1.807, 2.05) is 0 Å². The van der Waals surface area contributed by atoms with E-state index in [1.165, 1.54) is 31.0 Å². The van der Waals surface area contributed by atoms with Crippen molar-refractivity contribution >= 4 is 5.82 Å². The predicted molar refractivity (Wildman–Crippen MR) is 114 cm³/mol. The number of hydrogen-bond donors (Lipinski definition) is 1. The van der Waals surface area contributed by atoms with Gasteiger partial charge in [-0.25, -0.2) is 4.98 Å². The predicted octanol–water partition coefficient (Wildman–Crippen LogP) is 3.67. The van der Waals surface area contributed by atoms with Crippen molar-refractivity contribution in [3.63, 3.8) is 0 Å². The molecule has 2 saturated carbocycles. The van der Waals surface area contributed by atoms with Crippen molar-refractivity contribution in [1.29, 1.82) is 0 Å². The number of hydrogen-bond acceptors (Lipinski definition) is 6. The minimum atomic E-state index is -2.95. The van der Waals surface area contributed by atoms with E-state index in [1.54, 1.807) is 6.20 Å². The maximum atomic E-state index is 12.7. The van der Waals surface area contributed by atoms with Crippen LogP contribution in [0.4, 0.5) is 14.6 Å². The van der Waals surface area contributed by atoms with Gasteiger partial charge in [0.1, 0.15) is 0 Å². The Morgan fingerprint density at radius 1 is 1.12 bits per heavy atom. The lowest BCUT2D eigenvalue weighted by atomic mass is 9.94. The van der Waals surface area contributed by atoms with Crippen LogP contribution in [0.5, 0.6) is 5.75 Å². The van der Waals surface area contributed by atoms with E-state index in [2.05, 4.69) is 39.2 Å². The number of alkyl halides is 2. The number of nitrogens with two attached hydrogens (primary N) is 1. The molecule has 2 bridgehead atoms. The molecule has 32 heavy (non-hydrogen) atoms. The van der Waals surface area contributed by atoms with Crippen LogP contribution in [-0.4, -0.2) is 57.6 Å². The van der Waals surface area contributed by atoms with Gasteiger partial charge in [0.2, 0.25) is 0 Å². The first-order chi connectivity index (χ1) is 15.4. The molecule has 9 heteroatoms. The number of rotatable bonds is 6. The van der Waals surface area contributed by atoms with E-state index in [4.69, 9.17) is 15.6 Å². The highest BCUT2D eigenvalue weighted by atomic mass is 19.3. The van der Waals surface area contributed by atoms with Gasteiger partial charge in [0.15, 0.2) is 11.6 Å². The zero-order valence-corrected chi connectivity index (χ0v) is 18.3. The number of nitrogen functional groups attached to an aromatic ring is 1. The van der Waals surface area contributed by atoms with Gasteiger partial charge in [-0.2, -0.15) is 13.9 Å². The Hall–Kier alpha value is -2.26. The largest absolute Gasteiger partial charge is 0.431 e. The van der Waals surface area contributed by atoms with Gasteiger partial charge in [0, 0.05) is 55.0 Å². The molecule has 2 aliphatic carbocycles. The van der Waals surface area contributed by atoms with Crippen molar-refractivity contribution in [2.45, 2.75) is 69.9 Å². The zero-order chi connectivity index (χ0) is 22.1. The molecule has 172 valence electrons. The van der Waals surface area contributed by atoms with Crippen LogP contribution in [0.3, 0.4) is 0 Å². The van der Waals surface area contributed by atoms with E-state index in [0.717, 1.165) is 18.8 Å². The van der Waals surface area contributed by atoms with Crippen molar-refractivity contribution in [3.05, 3.63) is 24.0 Å². The van der Waals surface area contributed by atoms with Gasteiger partial charge in [-0.15, -0.1) is 0 Å². The number of nitrogens with zero attached hydrogens (tertiary/aromatic N) is 4. The highest BCUT2D eigenvalue weighted by molar-refractivity contribution is 5.64. The molecule has 0 amide bonds. The van der Waals surface area contributed by atoms with Gasteiger partial charge in [-0.05, 0) is 50.7 Å². The summed E-state index contributed by atoms with van der Waals surface area (Å²) in [5.41, 5.74) is 8.28. The van der Waals surface area contributed by atoms with Gasteiger partial charge in [-0.1, -0.05) is 0 Å². The van der Waals surface area contributed by atoms with Crippen molar-refractivity contribution in [3.8, 4) is 17.0 Å². The molecule has 0 radical (unpaired) electrons. The molecule has 6 atom stereocenters. The number of aromatic nitrogens is 3. The van der Waals surface area contributed by atoms with Gasteiger partial charge in [0.05, 0.1) is 17.9 Å². The van der Waals surface area contributed by atoms with Crippen LogP contribution in [0.25, 0.3) is 11.3 Å². The van der Waals surface area contributed by atoms with E-state index >= 15 is 0 Å². The van der Waals surface area contributed by atoms with Crippen molar-refractivity contribution in [1.82, 2.24) is 19.7 Å². The van der Waals surface area contributed by atoms with Crippen molar-refractivity contribution in [2.24, 2.45) is 11.8 Å². The summed E-state index contributed by atoms with van der Waals surface area (Å²) in [7, 11) is 0. The van der Waals surface area contributed by atoms with Crippen LogP contribution >= 0.6 is 0 Å². The summed E-state index contributed by atoms with van der Waals surface area (Å²) in [6, 6.07) is 4.49. The minimum absolute atomic E-state index is 0.0546. The lowest BCUT2D eigenvalue weighted by Gasteiger charge is -2.49. The summed E-state index contributed by atoms with van der Waals surface area (Å²) in [6.45, 7) is 3.47. The summed E-state index contributed by atoms with van der Waals surface area (Å²) in [6.07, 6.45) is 6.20. The molecule has 2 aromatic rings. The molecule has 2 N–H and O–H groups in total. The highest BCUT2D eigenvalue weighted by Gasteiger charge is 2.59. The average Bonchev–Trinajstić information content (AvgIpc) is 3.08. The summed E-state index contributed by atoms with van der Waals surface area (Å²) in [5.74, 6) is 1.74. The molecule has 0 spiro atoms. The maximum absolute atomic E-state index is 12.7. The third-order valence-electron chi connectivity index (χ3n) is 7.71. The number of anilines is 1. The van der Waals surface area contributed by atoms with Crippen LogP contribution < -0.4 is 10.5 Å². The molecule has 2 aromatic heterocycles. The number of fused-ring (bicyclic) bond motifs is 3. The smallest absolute Gasteiger partial charge is 0.387 e.